The second-order valence-electron chi connectivity index (χ2n) is 3.52. The van der Waals surface area contributed by atoms with E-state index in [1.54, 1.807) is 0 Å². The number of halogens is 3. The maximum atomic E-state index is 6.21. The average Bonchev–Trinajstić information content (AvgIpc) is 2.01. The summed E-state index contributed by atoms with van der Waals surface area (Å²) in [5.41, 5.74) is 7.02. The molecule has 0 bridgehead atoms. The van der Waals surface area contributed by atoms with Crippen molar-refractivity contribution in [1.29, 1.82) is 0 Å². The first-order valence-electron chi connectivity index (χ1n) is 4.32. The lowest BCUT2D eigenvalue weighted by Crippen LogP contribution is -2.32. The van der Waals surface area contributed by atoms with Gasteiger partial charge in [0.25, 0.3) is 0 Å². The molecule has 0 aliphatic carbocycles. The third-order valence-electron chi connectivity index (χ3n) is 2.31. The molecule has 14 heavy (non-hydrogen) atoms. The number of rotatable bonds is 2. The van der Waals surface area contributed by atoms with Crippen molar-refractivity contribution in [2.75, 3.05) is 0 Å². The van der Waals surface area contributed by atoms with E-state index in [0.717, 1.165) is 25.4 Å². The van der Waals surface area contributed by atoms with Gasteiger partial charge in [0, 0.05) is 24.5 Å². The molecule has 1 rings (SSSR count). The minimum absolute atomic E-state index is 0.307. The van der Waals surface area contributed by atoms with Gasteiger partial charge in [0.15, 0.2) is 0 Å². The Morgan fingerprint density at radius 3 is 2.00 bits per heavy atom. The summed E-state index contributed by atoms with van der Waals surface area (Å²) in [5, 5.41) is 0. The van der Waals surface area contributed by atoms with Crippen LogP contribution >= 0.6 is 47.8 Å². The normalized spacial score (nSPS) is 15.3. The molecule has 4 heteroatoms. The Hall–Kier alpha value is 0.620. The first-order chi connectivity index (χ1) is 6.38. The van der Waals surface area contributed by atoms with E-state index < -0.39 is 0 Å². The van der Waals surface area contributed by atoms with Crippen LogP contribution in [0.15, 0.2) is 25.6 Å². The summed E-state index contributed by atoms with van der Waals surface area (Å²) in [4.78, 5) is 0. The molecule has 0 fully saturated rings. The molecule has 0 heterocycles. The first kappa shape index (κ1) is 12.7. The molecular formula is C10H12Br3N. The van der Waals surface area contributed by atoms with Gasteiger partial charge in [0.05, 0.1) is 0 Å². The highest BCUT2D eigenvalue weighted by molar-refractivity contribution is 9.11. The molecule has 1 nitrogen and oxygen atoms in total. The fraction of sp³-hybridized carbons (Fsp3) is 0.400. The van der Waals surface area contributed by atoms with Crippen LogP contribution in [0, 0.1) is 0 Å². The Kier molecular flexibility index (Phi) is 4.21. The highest BCUT2D eigenvalue weighted by atomic mass is 79.9. The zero-order chi connectivity index (χ0) is 10.9. The third kappa shape index (κ3) is 2.60. The Morgan fingerprint density at radius 1 is 1.21 bits per heavy atom. The second kappa shape index (κ2) is 4.64. The molecule has 0 aliphatic rings. The summed E-state index contributed by atoms with van der Waals surface area (Å²) in [5.74, 6) is 0. The minimum atomic E-state index is -0.307. The van der Waals surface area contributed by atoms with Crippen molar-refractivity contribution in [2.24, 2.45) is 5.73 Å². The van der Waals surface area contributed by atoms with Gasteiger partial charge < -0.3 is 5.73 Å². The predicted molar refractivity (Wildman–Crippen MR) is 71.4 cm³/mol. The standard InChI is InChI=1S/C10H12Br3N/c1-3-10(2,14)9-7(12)4-6(11)5-8(9)13/h4-5H,3,14H2,1-2H3. The van der Waals surface area contributed by atoms with Crippen molar-refractivity contribution < 1.29 is 0 Å². The van der Waals surface area contributed by atoms with E-state index >= 15 is 0 Å². The minimum Gasteiger partial charge on any atom is -0.322 e. The molecule has 0 aliphatic heterocycles. The largest absolute Gasteiger partial charge is 0.322 e. The zero-order valence-corrected chi connectivity index (χ0v) is 12.8. The summed E-state index contributed by atoms with van der Waals surface area (Å²) in [6.07, 6.45) is 0.895. The average molecular weight is 386 g/mol. The van der Waals surface area contributed by atoms with Crippen LogP contribution in [-0.2, 0) is 5.54 Å². The summed E-state index contributed by atoms with van der Waals surface area (Å²) < 4.78 is 3.10. The monoisotopic (exact) mass is 383 g/mol. The van der Waals surface area contributed by atoms with Gasteiger partial charge >= 0.3 is 0 Å². The molecule has 2 N–H and O–H groups in total. The molecule has 1 unspecified atom stereocenters. The molecule has 0 amide bonds. The molecule has 1 aromatic rings. The smallest absolute Gasteiger partial charge is 0.0400 e. The van der Waals surface area contributed by atoms with Gasteiger partial charge in [-0.3, -0.25) is 0 Å². The maximum Gasteiger partial charge on any atom is 0.0400 e. The molecule has 1 aromatic carbocycles. The van der Waals surface area contributed by atoms with Crippen molar-refractivity contribution >= 4 is 47.8 Å². The van der Waals surface area contributed by atoms with E-state index in [1.807, 2.05) is 19.1 Å². The molecule has 0 spiro atoms. The third-order valence-corrected chi connectivity index (χ3v) is 4.02. The Labute approximate surface area is 110 Å². The Morgan fingerprint density at radius 2 is 1.64 bits per heavy atom. The Bertz CT molecular complexity index is 324. The van der Waals surface area contributed by atoms with Crippen molar-refractivity contribution in [3.63, 3.8) is 0 Å². The maximum absolute atomic E-state index is 6.21. The number of hydrogen-bond donors (Lipinski definition) is 1. The number of nitrogens with two attached hydrogens (primary N) is 1. The highest BCUT2D eigenvalue weighted by Gasteiger charge is 2.24. The van der Waals surface area contributed by atoms with E-state index in [4.69, 9.17) is 5.73 Å². The summed E-state index contributed by atoms with van der Waals surface area (Å²) >= 11 is 10.5. The van der Waals surface area contributed by atoms with E-state index in [0.29, 0.717) is 0 Å². The predicted octanol–water partition coefficient (Wildman–Crippen LogP) is 4.56. The highest BCUT2D eigenvalue weighted by Crippen LogP contribution is 2.37. The van der Waals surface area contributed by atoms with E-state index in [1.165, 1.54) is 0 Å². The number of hydrogen-bond acceptors (Lipinski definition) is 1. The van der Waals surface area contributed by atoms with Gasteiger partial charge in [0.1, 0.15) is 0 Å². The van der Waals surface area contributed by atoms with E-state index in [2.05, 4.69) is 54.7 Å². The lowest BCUT2D eigenvalue weighted by molar-refractivity contribution is 0.472. The zero-order valence-electron chi connectivity index (χ0n) is 8.07. The van der Waals surface area contributed by atoms with Gasteiger partial charge in [-0.25, -0.2) is 0 Å². The van der Waals surface area contributed by atoms with Crippen LogP contribution in [0.3, 0.4) is 0 Å². The molecule has 78 valence electrons. The quantitative estimate of drug-likeness (QED) is 0.793. The summed E-state index contributed by atoms with van der Waals surface area (Å²) in [6, 6.07) is 4.03. The van der Waals surface area contributed by atoms with E-state index in [-0.39, 0.29) is 5.54 Å². The fourth-order valence-electron chi connectivity index (χ4n) is 1.26. The van der Waals surface area contributed by atoms with Gasteiger partial charge in [-0.05, 0) is 25.5 Å². The van der Waals surface area contributed by atoms with Crippen molar-refractivity contribution in [3.05, 3.63) is 31.1 Å². The summed E-state index contributed by atoms with van der Waals surface area (Å²) in [6.45, 7) is 4.12. The molecular weight excluding hydrogens is 374 g/mol. The van der Waals surface area contributed by atoms with Crippen LogP contribution in [0.25, 0.3) is 0 Å². The van der Waals surface area contributed by atoms with Crippen LogP contribution in [0.4, 0.5) is 0 Å². The van der Waals surface area contributed by atoms with Gasteiger partial charge in [-0.1, -0.05) is 54.7 Å². The SMILES string of the molecule is CCC(C)(N)c1c(Br)cc(Br)cc1Br. The van der Waals surface area contributed by atoms with Gasteiger partial charge in [-0.15, -0.1) is 0 Å². The van der Waals surface area contributed by atoms with Crippen molar-refractivity contribution in [3.8, 4) is 0 Å². The van der Waals surface area contributed by atoms with Gasteiger partial charge in [-0.2, -0.15) is 0 Å². The van der Waals surface area contributed by atoms with Crippen LogP contribution in [0.5, 0.6) is 0 Å². The van der Waals surface area contributed by atoms with Gasteiger partial charge in [0.2, 0.25) is 0 Å². The molecule has 0 radical (unpaired) electrons. The van der Waals surface area contributed by atoms with E-state index in [9.17, 15) is 0 Å². The van der Waals surface area contributed by atoms with Crippen molar-refractivity contribution in [1.82, 2.24) is 0 Å². The van der Waals surface area contributed by atoms with Crippen LogP contribution < -0.4 is 5.73 Å². The lowest BCUT2D eigenvalue weighted by Gasteiger charge is -2.26. The van der Waals surface area contributed by atoms with Crippen molar-refractivity contribution in [2.45, 2.75) is 25.8 Å². The molecule has 0 saturated carbocycles. The Balaban J connectivity index is 3.35. The molecule has 1 atom stereocenters. The van der Waals surface area contributed by atoms with Crippen LogP contribution in [0.2, 0.25) is 0 Å². The first-order valence-corrected chi connectivity index (χ1v) is 6.70. The topological polar surface area (TPSA) is 26.0 Å². The van der Waals surface area contributed by atoms with Crippen LogP contribution in [0.1, 0.15) is 25.8 Å². The fourth-order valence-corrected chi connectivity index (χ4v) is 4.43. The second-order valence-corrected chi connectivity index (χ2v) is 6.14. The molecule has 0 aromatic heterocycles. The number of benzene rings is 1. The summed E-state index contributed by atoms with van der Waals surface area (Å²) in [7, 11) is 0. The molecule has 0 saturated heterocycles. The van der Waals surface area contributed by atoms with Crippen LogP contribution in [-0.4, -0.2) is 0 Å². The lowest BCUT2D eigenvalue weighted by atomic mass is 9.91.